The Bertz CT molecular complexity index is 823. The molecule has 0 bridgehead atoms. The molecule has 2 N–H and O–H groups in total. The van der Waals surface area contributed by atoms with Gasteiger partial charge in [0.2, 0.25) is 6.29 Å². The van der Waals surface area contributed by atoms with Crippen molar-refractivity contribution in [2.45, 2.75) is 32.0 Å². The Morgan fingerprint density at radius 1 is 1.17 bits per heavy atom. The summed E-state index contributed by atoms with van der Waals surface area (Å²) in [6, 6.07) is 16.8. The van der Waals surface area contributed by atoms with E-state index in [9.17, 15) is 9.90 Å². The number of aliphatic hydroxyl groups is 1. The van der Waals surface area contributed by atoms with Crippen LogP contribution < -0.4 is 5.32 Å². The fourth-order valence-corrected chi connectivity index (χ4v) is 3.67. The number of para-hydroxylation sites is 1. The fraction of sp³-hybridized carbons (Fsp3) is 0.348. The molecule has 29 heavy (non-hydrogen) atoms. The highest BCUT2D eigenvalue weighted by atomic mass is 35.5. The Labute approximate surface area is 176 Å². The second-order valence-electron chi connectivity index (χ2n) is 6.90. The van der Waals surface area contributed by atoms with Gasteiger partial charge in [-0.3, -0.25) is 4.79 Å². The summed E-state index contributed by atoms with van der Waals surface area (Å²) >= 11 is 6.06. The summed E-state index contributed by atoms with van der Waals surface area (Å²) in [5.74, 6) is -0.217. The van der Waals surface area contributed by atoms with Crippen molar-refractivity contribution in [1.82, 2.24) is 0 Å². The van der Waals surface area contributed by atoms with E-state index in [2.05, 4.69) is 5.32 Å². The molecular formula is C23H26ClNO4. The number of benzene rings is 2. The molecule has 2 aromatic rings. The first-order valence-electron chi connectivity index (χ1n) is 9.85. The van der Waals surface area contributed by atoms with Crippen LogP contribution in [0.5, 0.6) is 0 Å². The first-order chi connectivity index (χ1) is 14.1. The maximum absolute atomic E-state index is 12.8. The van der Waals surface area contributed by atoms with Crippen LogP contribution in [0.2, 0.25) is 5.02 Å². The maximum atomic E-state index is 12.8. The minimum Gasteiger partial charge on any atom is -0.459 e. The zero-order chi connectivity index (χ0) is 20.6. The molecule has 3 rings (SSSR count). The van der Waals surface area contributed by atoms with Crippen LogP contribution in [0.1, 0.15) is 31.2 Å². The van der Waals surface area contributed by atoms with E-state index in [1.807, 2.05) is 67.6 Å². The van der Waals surface area contributed by atoms with Gasteiger partial charge in [-0.1, -0.05) is 41.9 Å². The molecule has 0 aromatic heterocycles. The lowest BCUT2D eigenvalue weighted by molar-refractivity contribution is -0.165. The van der Waals surface area contributed by atoms with Gasteiger partial charge in [-0.15, -0.1) is 0 Å². The van der Waals surface area contributed by atoms with Gasteiger partial charge in [0.05, 0.1) is 0 Å². The zero-order valence-electron chi connectivity index (χ0n) is 16.4. The largest absolute Gasteiger partial charge is 0.459 e. The fourth-order valence-electron chi connectivity index (χ4n) is 3.54. The number of amides is 1. The number of ether oxygens (including phenoxy) is 2. The third kappa shape index (κ3) is 5.60. The van der Waals surface area contributed by atoms with Crippen molar-refractivity contribution in [2.75, 3.05) is 18.5 Å². The number of allylic oxidation sites excluding steroid dienone is 1. The number of carbonyl (C=O) groups is 1. The predicted molar refractivity (Wildman–Crippen MR) is 114 cm³/mol. The molecule has 1 aliphatic heterocycles. The number of nitrogens with one attached hydrogen (secondary N) is 1. The van der Waals surface area contributed by atoms with Crippen LogP contribution in [0.25, 0.3) is 0 Å². The second kappa shape index (κ2) is 10.4. The molecular weight excluding hydrogens is 390 g/mol. The van der Waals surface area contributed by atoms with Crippen LogP contribution in [0, 0.1) is 5.92 Å². The highest BCUT2D eigenvalue weighted by Crippen LogP contribution is 2.39. The van der Waals surface area contributed by atoms with E-state index in [0.29, 0.717) is 30.2 Å². The second-order valence-corrected chi connectivity index (χ2v) is 7.34. The van der Waals surface area contributed by atoms with E-state index in [-0.39, 0.29) is 30.1 Å². The molecule has 6 heteroatoms. The third-order valence-electron chi connectivity index (χ3n) is 4.92. The molecule has 3 atom stereocenters. The van der Waals surface area contributed by atoms with Gasteiger partial charge in [-0.2, -0.15) is 0 Å². The van der Waals surface area contributed by atoms with Gasteiger partial charge in [-0.25, -0.2) is 0 Å². The van der Waals surface area contributed by atoms with E-state index in [1.165, 1.54) is 0 Å². The van der Waals surface area contributed by atoms with E-state index >= 15 is 0 Å². The number of hydrogen-bond donors (Lipinski definition) is 2. The summed E-state index contributed by atoms with van der Waals surface area (Å²) < 4.78 is 11.8. The number of rotatable bonds is 8. The first-order valence-corrected chi connectivity index (χ1v) is 10.2. The van der Waals surface area contributed by atoms with Gasteiger partial charge in [0.1, 0.15) is 0 Å². The molecule has 5 nitrogen and oxygen atoms in total. The monoisotopic (exact) mass is 415 g/mol. The van der Waals surface area contributed by atoms with E-state index in [0.717, 1.165) is 5.56 Å². The summed E-state index contributed by atoms with van der Waals surface area (Å²) in [5, 5.41) is 12.8. The molecule has 0 unspecified atom stereocenters. The Hall–Kier alpha value is -2.34. The average molecular weight is 416 g/mol. The summed E-state index contributed by atoms with van der Waals surface area (Å²) in [7, 11) is 0. The van der Waals surface area contributed by atoms with Crippen LogP contribution in [-0.4, -0.2) is 30.5 Å². The molecule has 0 radical (unpaired) electrons. The van der Waals surface area contributed by atoms with Crippen LogP contribution in [0.4, 0.5) is 5.69 Å². The molecule has 0 fully saturated rings. The smallest absolute Gasteiger partial charge is 0.290 e. The van der Waals surface area contributed by atoms with Crippen molar-refractivity contribution in [1.29, 1.82) is 0 Å². The van der Waals surface area contributed by atoms with Crippen molar-refractivity contribution in [3.05, 3.63) is 77.0 Å². The highest BCUT2D eigenvalue weighted by Gasteiger charge is 2.37. The van der Waals surface area contributed by atoms with Crippen LogP contribution in [0.3, 0.4) is 0 Å². The molecule has 1 amide bonds. The van der Waals surface area contributed by atoms with Gasteiger partial charge in [-0.05, 0) is 55.7 Å². The SMILES string of the molecule is CCO[C@H]1OC(C(=O)Nc2ccccc2)=C[C@@H](c2ccc(Cl)cc2)[C@@H]1CCCO. The molecule has 0 saturated heterocycles. The Morgan fingerprint density at radius 2 is 1.90 bits per heavy atom. The molecule has 1 aliphatic rings. The number of aliphatic hydroxyl groups excluding tert-OH is 1. The lowest BCUT2D eigenvalue weighted by Gasteiger charge is -2.37. The van der Waals surface area contributed by atoms with Crippen molar-refractivity contribution in [2.24, 2.45) is 5.92 Å². The molecule has 0 spiro atoms. The molecule has 1 heterocycles. The van der Waals surface area contributed by atoms with Gasteiger partial charge < -0.3 is 19.9 Å². The molecule has 2 aromatic carbocycles. The summed E-state index contributed by atoms with van der Waals surface area (Å²) in [5.41, 5.74) is 1.72. The summed E-state index contributed by atoms with van der Waals surface area (Å²) in [6.45, 7) is 2.45. The lowest BCUT2D eigenvalue weighted by atomic mass is 9.80. The number of anilines is 1. The predicted octanol–water partition coefficient (Wildman–Crippen LogP) is 4.73. The minimum absolute atomic E-state index is 0.0310. The molecule has 0 aliphatic carbocycles. The van der Waals surface area contributed by atoms with Gasteiger partial charge in [0.25, 0.3) is 5.91 Å². The van der Waals surface area contributed by atoms with Crippen LogP contribution >= 0.6 is 11.6 Å². The Morgan fingerprint density at radius 3 is 2.55 bits per heavy atom. The molecule has 154 valence electrons. The summed E-state index contributed by atoms with van der Waals surface area (Å²) in [6.07, 6.45) is 2.60. The average Bonchev–Trinajstić information content (AvgIpc) is 2.74. The highest BCUT2D eigenvalue weighted by molar-refractivity contribution is 6.30. The number of carbonyl (C=O) groups excluding carboxylic acids is 1. The quantitative estimate of drug-likeness (QED) is 0.654. The maximum Gasteiger partial charge on any atom is 0.290 e. The van der Waals surface area contributed by atoms with Gasteiger partial charge in [0, 0.05) is 35.8 Å². The van der Waals surface area contributed by atoms with Crippen molar-refractivity contribution in [3.8, 4) is 0 Å². The number of hydrogen-bond acceptors (Lipinski definition) is 4. The topological polar surface area (TPSA) is 67.8 Å². The van der Waals surface area contributed by atoms with Crippen LogP contribution in [-0.2, 0) is 14.3 Å². The van der Waals surface area contributed by atoms with Gasteiger partial charge >= 0.3 is 0 Å². The third-order valence-corrected chi connectivity index (χ3v) is 5.17. The Balaban J connectivity index is 1.92. The normalized spacial score (nSPS) is 21.2. The van der Waals surface area contributed by atoms with Gasteiger partial charge in [0.15, 0.2) is 5.76 Å². The standard InChI is InChI=1S/C23H26ClNO4/c1-2-28-23-19(9-6-14-26)20(16-10-12-17(24)13-11-16)15-21(29-23)22(27)25-18-7-4-3-5-8-18/h3-5,7-8,10-13,15,19-20,23,26H,2,6,9,14H2,1H3,(H,25,27)/t19-,20-,23-/m0/s1. The van der Waals surface area contributed by atoms with E-state index in [4.69, 9.17) is 21.1 Å². The summed E-state index contributed by atoms with van der Waals surface area (Å²) in [4.78, 5) is 12.8. The number of halogens is 1. The van der Waals surface area contributed by atoms with E-state index < -0.39 is 6.29 Å². The van der Waals surface area contributed by atoms with Crippen molar-refractivity contribution in [3.63, 3.8) is 0 Å². The molecule has 0 saturated carbocycles. The van der Waals surface area contributed by atoms with Crippen molar-refractivity contribution >= 4 is 23.2 Å². The van der Waals surface area contributed by atoms with Crippen LogP contribution in [0.15, 0.2) is 66.4 Å². The Kier molecular flexibility index (Phi) is 7.69. The zero-order valence-corrected chi connectivity index (χ0v) is 17.1. The first kappa shape index (κ1) is 21.4. The lowest BCUT2D eigenvalue weighted by Crippen LogP contribution is -2.37. The minimum atomic E-state index is -0.575. The van der Waals surface area contributed by atoms with Crippen molar-refractivity contribution < 1.29 is 19.4 Å². The van der Waals surface area contributed by atoms with E-state index in [1.54, 1.807) is 0 Å².